The standard InChI is InChI=1S/C17H15ClF3NO2/c1-22(14-11-7-6-10-13(14)18)15(23)16(24-2,17(19,20)21)12-8-4-3-5-9-12/h3-11H,1-2H3. The maximum Gasteiger partial charge on any atom is 0.430 e. The molecule has 0 bridgehead atoms. The fourth-order valence-corrected chi connectivity index (χ4v) is 2.73. The first-order valence-electron chi connectivity index (χ1n) is 6.95. The van der Waals surface area contributed by atoms with Gasteiger partial charge >= 0.3 is 6.18 Å². The number of carbonyl (C=O) groups is 1. The van der Waals surface area contributed by atoms with Crippen LogP contribution in [0.1, 0.15) is 5.56 Å². The predicted molar refractivity (Wildman–Crippen MR) is 86.0 cm³/mol. The van der Waals surface area contributed by atoms with Crippen molar-refractivity contribution < 1.29 is 22.7 Å². The molecule has 0 aliphatic rings. The Morgan fingerprint density at radius 1 is 1.04 bits per heavy atom. The molecule has 2 aromatic carbocycles. The van der Waals surface area contributed by atoms with E-state index >= 15 is 0 Å². The lowest BCUT2D eigenvalue weighted by atomic mass is 9.91. The quantitative estimate of drug-likeness (QED) is 0.811. The Bertz CT molecular complexity index is 721. The predicted octanol–water partition coefficient (Wildman–Crippen LogP) is 4.41. The van der Waals surface area contributed by atoms with Crippen molar-refractivity contribution in [3.63, 3.8) is 0 Å². The molecule has 0 aromatic heterocycles. The number of alkyl halides is 3. The molecule has 0 fully saturated rings. The van der Waals surface area contributed by atoms with Crippen LogP contribution in [0.5, 0.6) is 0 Å². The summed E-state index contributed by atoms with van der Waals surface area (Å²) in [6.07, 6.45) is -4.96. The number of rotatable bonds is 4. The summed E-state index contributed by atoms with van der Waals surface area (Å²) in [7, 11) is 2.09. The van der Waals surface area contributed by atoms with Gasteiger partial charge in [0.1, 0.15) is 0 Å². The topological polar surface area (TPSA) is 29.5 Å². The van der Waals surface area contributed by atoms with Gasteiger partial charge in [-0.25, -0.2) is 0 Å². The number of halogens is 4. The van der Waals surface area contributed by atoms with Crippen LogP contribution in [0.2, 0.25) is 5.02 Å². The molecule has 128 valence electrons. The highest BCUT2D eigenvalue weighted by Gasteiger charge is 2.63. The van der Waals surface area contributed by atoms with Crippen molar-refractivity contribution in [3.8, 4) is 0 Å². The summed E-state index contributed by atoms with van der Waals surface area (Å²) in [6, 6.07) is 12.9. The van der Waals surface area contributed by atoms with E-state index in [1.165, 1.54) is 43.4 Å². The molecule has 0 aliphatic heterocycles. The van der Waals surface area contributed by atoms with E-state index in [-0.39, 0.29) is 16.3 Å². The van der Waals surface area contributed by atoms with E-state index in [9.17, 15) is 18.0 Å². The fraction of sp³-hybridized carbons (Fsp3) is 0.235. The van der Waals surface area contributed by atoms with Crippen LogP contribution >= 0.6 is 11.6 Å². The Morgan fingerprint density at radius 3 is 2.08 bits per heavy atom. The van der Waals surface area contributed by atoms with Crippen molar-refractivity contribution in [1.29, 1.82) is 0 Å². The zero-order valence-electron chi connectivity index (χ0n) is 13.0. The van der Waals surface area contributed by atoms with Gasteiger partial charge in [-0.1, -0.05) is 54.1 Å². The maximum atomic E-state index is 13.9. The first-order valence-corrected chi connectivity index (χ1v) is 7.33. The van der Waals surface area contributed by atoms with Crippen LogP contribution in [0.25, 0.3) is 0 Å². The Kier molecular flexibility index (Phi) is 5.20. The van der Waals surface area contributed by atoms with Gasteiger partial charge in [-0.15, -0.1) is 0 Å². The number of hydrogen-bond donors (Lipinski definition) is 0. The third-order valence-electron chi connectivity index (χ3n) is 3.71. The van der Waals surface area contributed by atoms with E-state index in [0.717, 1.165) is 12.0 Å². The van der Waals surface area contributed by atoms with E-state index in [4.69, 9.17) is 16.3 Å². The molecule has 1 unspecified atom stereocenters. The second-order valence-corrected chi connectivity index (χ2v) is 5.47. The van der Waals surface area contributed by atoms with Gasteiger partial charge in [-0.05, 0) is 12.1 Å². The molecule has 0 saturated carbocycles. The molecule has 3 nitrogen and oxygen atoms in total. The summed E-state index contributed by atoms with van der Waals surface area (Å²) in [5.74, 6) is -1.28. The Morgan fingerprint density at radius 2 is 1.58 bits per heavy atom. The minimum atomic E-state index is -4.96. The van der Waals surface area contributed by atoms with Crippen molar-refractivity contribution in [1.82, 2.24) is 0 Å². The second kappa shape index (κ2) is 6.83. The van der Waals surface area contributed by atoms with E-state index in [2.05, 4.69) is 0 Å². The van der Waals surface area contributed by atoms with Gasteiger partial charge in [0.15, 0.2) is 0 Å². The van der Waals surface area contributed by atoms with Crippen molar-refractivity contribution in [2.75, 3.05) is 19.1 Å². The monoisotopic (exact) mass is 357 g/mol. The zero-order chi connectivity index (χ0) is 18.0. The van der Waals surface area contributed by atoms with Crippen LogP contribution in [-0.2, 0) is 15.1 Å². The van der Waals surface area contributed by atoms with Gasteiger partial charge in [0.05, 0.1) is 10.7 Å². The first-order chi connectivity index (χ1) is 11.3. The third kappa shape index (κ3) is 2.99. The number of methoxy groups -OCH3 is 1. The largest absolute Gasteiger partial charge is 0.430 e. The van der Waals surface area contributed by atoms with Crippen molar-refractivity contribution in [2.45, 2.75) is 11.8 Å². The first kappa shape index (κ1) is 18.3. The number of anilines is 1. The molecule has 24 heavy (non-hydrogen) atoms. The minimum Gasteiger partial charge on any atom is -0.356 e. The molecule has 1 amide bonds. The molecule has 7 heteroatoms. The van der Waals surface area contributed by atoms with Crippen LogP contribution in [0.15, 0.2) is 54.6 Å². The summed E-state index contributed by atoms with van der Waals surface area (Å²) in [6.45, 7) is 0. The molecule has 2 aromatic rings. The number of para-hydroxylation sites is 1. The van der Waals surface area contributed by atoms with Gasteiger partial charge in [-0.2, -0.15) is 13.2 Å². The Hall–Kier alpha value is -2.05. The fourth-order valence-electron chi connectivity index (χ4n) is 2.47. The number of nitrogens with zero attached hydrogens (tertiary/aromatic N) is 1. The molecule has 0 N–H and O–H groups in total. The number of carbonyl (C=O) groups excluding carboxylic acids is 1. The number of ether oxygens (including phenoxy) is 1. The average Bonchev–Trinajstić information content (AvgIpc) is 2.55. The van der Waals surface area contributed by atoms with E-state index < -0.39 is 17.7 Å². The van der Waals surface area contributed by atoms with Crippen LogP contribution in [-0.4, -0.2) is 26.2 Å². The van der Waals surface area contributed by atoms with Crippen LogP contribution in [0, 0.1) is 0 Å². The molecule has 0 radical (unpaired) electrons. The molecule has 1 atom stereocenters. The van der Waals surface area contributed by atoms with Crippen LogP contribution < -0.4 is 4.90 Å². The Balaban J connectivity index is 2.60. The van der Waals surface area contributed by atoms with Crippen LogP contribution in [0.4, 0.5) is 18.9 Å². The number of hydrogen-bond acceptors (Lipinski definition) is 2. The van der Waals surface area contributed by atoms with Crippen molar-refractivity contribution >= 4 is 23.2 Å². The minimum absolute atomic E-state index is 0.158. The SMILES string of the molecule is COC(C(=O)N(C)c1ccccc1Cl)(c1ccccc1)C(F)(F)F. The van der Waals surface area contributed by atoms with Crippen molar-refractivity contribution in [3.05, 3.63) is 65.2 Å². The summed E-state index contributed by atoms with van der Waals surface area (Å²) >= 11 is 6.00. The molecule has 0 aliphatic carbocycles. The normalized spacial score (nSPS) is 14.1. The summed E-state index contributed by atoms with van der Waals surface area (Å²) in [5, 5.41) is 0.161. The lowest BCUT2D eigenvalue weighted by Gasteiger charge is -2.36. The van der Waals surface area contributed by atoms with Gasteiger partial charge in [0.25, 0.3) is 11.5 Å². The lowest BCUT2D eigenvalue weighted by Crippen LogP contribution is -2.56. The number of likely N-dealkylation sites (N-methyl/N-ethyl adjacent to an activating group) is 1. The highest BCUT2D eigenvalue weighted by molar-refractivity contribution is 6.33. The van der Waals surface area contributed by atoms with E-state index in [0.29, 0.717) is 0 Å². The average molecular weight is 358 g/mol. The van der Waals surface area contributed by atoms with E-state index in [1.54, 1.807) is 18.2 Å². The highest BCUT2D eigenvalue weighted by Crippen LogP contribution is 2.44. The second-order valence-electron chi connectivity index (χ2n) is 5.06. The van der Waals surface area contributed by atoms with Crippen LogP contribution in [0.3, 0.4) is 0 Å². The molecular weight excluding hydrogens is 343 g/mol. The number of benzene rings is 2. The number of amides is 1. The Labute approximate surface area is 142 Å². The highest BCUT2D eigenvalue weighted by atomic mass is 35.5. The zero-order valence-corrected chi connectivity index (χ0v) is 13.7. The molecule has 2 rings (SSSR count). The molecule has 0 spiro atoms. The third-order valence-corrected chi connectivity index (χ3v) is 4.02. The molecule has 0 heterocycles. The van der Waals surface area contributed by atoms with Gasteiger partial charge in [-0.3, -0.25) is 4.79 Å². The lowest BCUT2D eigenvalue weighted by molar-refractivity contribution is -0.264. The maximum absolute atomic E-state index is 13.9. The summed E-state index contributed by atoms with van der Waals surface area (Å²) < 4.78 is 46.4. The van der Waals surface area contributed by atoms with Gasteiger partial charge in [0.2, 0.25) is 0 Å². The van der Waals surface area contributed by atoms with Gasteiger partial charge in [0, 0.05) is 19.7 Å². The smallest absolute Gasteiger partial charge is 0.356 e. The summed E-state index contributed by atoms with van der Waals surface area (Å²) in [4.78, 5) is 13.7. The summed E-state index contributed by atoms with van der Waals surface area (Å²) in [5.41, 5.74) is -3.27. The van der Waals surface area contributed by atoms with Crippen molar-refractivity contribution in [2.24, 2.45) is 0 Å². The van der Waals surface area contributed by atoms with E-state index in [1.807, 2.05) is 0 Å². The van der Waals surface area contributed by atoms with Gasteiger partial charge < -0.3 is 9.64 Å². The molecule has 0 saturated heterocycles. The molecular formula is C17H15ClF3NO2.